The van der Waals surface area contributed by atoms with Crippen LogP contribution in [0.15, 0.2) is 65.8 Å². The fourth-order valence-corrected chi connectivity index (χ4v) is 3.33. The number of amides is 1. The van der Waals surface area contributed by atoms with Crippen molar-refractivity contribution in [1.29, 1.82) is 0 Å². The molecule has 0 aliphatic rings. The van der Waals surface area contributed by atoms with Crippen LogP contribution in [-0.2, 0) is 21.2 Å². The summed E-state index contributed by atoms with van der Waals surface area (Å²) in [7, 11) is -2.18. The lowest BCUT2D eigenvalue weighted by atomic mass is 10.1. The maximum Gasteiger partial charge on any atom is 0.240 e. The maximum absolute atomic E-state index is 11.9. The number of benzene rings is 2. The Kier molecular flexibility index (Phi) is 6.05. The second-order valence-electron chi connectivity index (χ2n) is 6.11. The molecule has 0 atom stereocenters. The molecular formula is C19H20N6O3S. The highest BCUT2D eigenvalue weighted by atomic mass is 32.2. The summed E-state index contributed by atoms with van der Waals surface area (Å²) < 4.78 is 26.2. The van der Waals surface area contributed by atoms with E-state index in [2.05, 4.69) is 25.3 Å². The van der Waals surface area contributed by atoms with Crippen LogP contribution in [0.5, 0.6) is 0 Å². The van der Waals surface area contributed by atoms with Gasteiger partial charge in [0.2, 0.25) is 15.9 Å². The van der Waals surface area contributed by atoms with E-state index in [1.54, 1.807) is 30.3 Å². The Hall–Kier alpha value is -3.50. The first-order valence-corrected chi connectivity index (χ1v) is 10.1. The Morgan fingerprint density at radius 3 is 2.24 bits per heavy atom. The first-order chi connectivity index (χ1) is 13.9. The molecule has 1 amide bonds. The van der Waals surface area contributed by atoms with Gasteiger partial charge in [-0.05, 0) is 42.9 Å². The Bertz CT molecular complexity index is 1120. The number of rotatable bonds is 8. The van der Waals surface area contributed by atoms with Crippen molar-refractivity contribution in [2.24, 2.45) is 5.73 Å². The van der Waals surface area contributed by atoms with Gasteiger partial charge in [-0.25, -0.2) is 23.1 Å². The number of nitrogens with two attached hydrogens (primary N) is 1. The molecule has 0 spiro atoms. The van der Waals surface area contributed by atoms with Gasteiger partial charge in [-0.15, -0.1) is 0 Å². The van der Waals surface area contributed by atoms with E-state index in [-0.39, 0.29) is 17.2 Å². The number of anilines is 4. The lowest BCUT2D eigenvalue weighted by Gasteiger charge is -2.10. The van der Waals surface area contributed by atoms with Gasteiger partial charge in [0.15, 0.2) is 0 Å². The zero-order valence-electron chi connectivity index (χ0n) is 15.6. The van der Waals surface area contributed by atoms with Crippen molar-refractivity contribution < 1.29 is 13.2 Å². The van der Waals surface area contributed by atoms with Crippen LogP contribution >= 0.6 is 0 Å². The van der Waals surface area contributed by atoms with Gasteiger partial charge in [0.25, 0.3) is 0 Å². The van der Waals surface area contributed by atoms with Crippen molar-refractivity contribution in [3.05, 3.63) is 66.5 Å². The molecule has 0 unspecified atom stereocenters. The van der Waals surface area contributed by atoms with E-state index in [9.17, 15) is 13.2 Å². The molecule has 2 aromatic carbocycles. The summed E-state index contributed by atoms with van der Waals surface area (Å²) in [6, 6.07) is 15.3. The number of sulfonamides is 1. The van der Waals surface area contributed by atoms with Crippen molar-refractivity contribution in [2.75, 3.05) is 17.7 Å². The van der Waals surface area contributed by atoms with E-state index in [1.807, 2.05) is 12.1 Å². The van der Waals surface area contributed by atoms with Gasteiger partial charge in [-0.1, -0.05) is 18.2 Å². The van der Waals surface area contributed by atoms with Crippen LogP contribution in [0.2, 0.25) is 0 Å². The van der Waals surface area contributed by atoms with Crippen molar-refractivity contribution >= 4 is 38.9 Å². The summed E-state index contributed by atoms with van der Waals surface area (Å²) in [6.45, 7) is 0. The second-order valence-corrected chi connectivity index (χ2v) is 8.00. The predicted octanol–water partition coefficient (Wildman–Crippen LogP) is 1.90. The highest BCUT2D eigenvalue weighted by Gasteiger charge is 2.11. The van der Waals surface area contributed by atoms with Crippen molar-refractivity contribution in [3.63, 3.8) is 0 Å². The lowest BCUT2D eigenvalue weighted by molar-refractivity contribution is -0.117. The monoisotopic (exact) mass is 412 g/mol. The third-order valence-electron chi connectivity index (χ3n) is 3.96. The highest BCUT2D eigenvalue weighted by molar-refractivity contribution is 7.89. The Morgan fingerprint density at radius 1 is 0.966 bits per heavy atom. The quantitative estimate of drug-likeness (QED) is 0.443. The average Bonchev–Trinajstić information content (AvgIpc) is 2.70. The van der Waals surface area contributed by atoms with Gasteiger partial charge in [-0.3, -0.25) is 4.79 Å². The van der Waals surface area contributed by atoms with E-state index < -0.39 is 10.0 Å². The molecule has 0 saturated heterocycles. The normalized spacial score (nSPS) is 11.1. The maximum atomic E-state index is 11.9. The number of hydrogen-bond acceptors (Lipinski definition) is 7. The van der Waals surface area contributed by atoms with Crippen molar-refractivity contribution in [3.8, 4) is 0 Å². The first-order valence-electron chi connectivity index (χ1n) is 8.63. The lowest BCUT2D eigenvalue weighted by Crippen LogP contribution is -2.18. The van der Waals surface area contributed by atoms with Crippen molar-refractivity contribution in [2.45, 2.75) is 11.3 Å². The SMILES string of the molecule is CNS(=O)(=O)c1cccc(Nc2cc(Nc3ccc(CC(N)=O)cc3)ncn2)c1. The molecule has 0 saturated carbocycles. The third kappa shape index (κ3) is 5.50. The number of carbonyl (C=O) groups is 1. The van der Waals surface area contributed by atoms with Gasteiger partial charge in [0.1, 0.15) is 18.0 Å². The standard InChI is InChI=1S/C19H20N6O3S/c1-21-29(27,28)16-4-2-3-15(10-16)25-19-11-18(22-12-23-19)24-14-7-5-13(6-8-14)9-17(20)26/h2-8,10-12,21H,9H2,1H3,(H2,20,26)(H2,22,23,24,25). The molecule has 0 aliphatic heterocycles. The predicted molar refractivity (Wildman–Crippen MR) is 111 cm³/mol. The molecule has 1 aromatic heterocycles. The molecular weight excluding hydrogens is 392 g/mol. The Balaban J connectivity index is 1.73. The molecule has 5 N–H and O–H groups in total. The van der Waals surface area contributed by atoms with Crippen molar-refractivity contribution in [1.82, 2.24) is 14.7 Å². The molecule has 1 heterocycles. The van der Waals surface area contributed by atoms with Gasteiger partial charge in [0, 0.05) is 17.4 Å². The molecule has 150 valence electrons. The van der Waals surface area contributed by atoms with E-state index in [4.69, 9.17) is 5.73 Å². The minimum atomic E-state index is -3.54. The summed E-state index contributed by atoms with van der Waals surface area (Å²) in [4.78, 5) is 19.4. The van der Waals surface area contributed by atoms with Crippen LogP contribution in [0.4, 0.5) is 23.0 Å². The zero-order chi connectivity index (χ0) is 20.9. The molecule has 3 rings (SSSR count). The van der Waals surface area contributed by atoms with Crippen LogP contribution in [0.25, 0.3) is 0 Å². The smallest absolute Gasteiger partial charge is 0.240 e. The third-order valence-corrected chi connectivity index (χ3v) is 5.37. The average molecular weight is 412 g/mol. The van der Waals surface area contributed by atoms with Crippen LogP contribution < -0.4 is 21.1 Å². The van der Waals surface area contributed by atoms with E-state index >= 15 is 0 Å². The summed E-state index contributed by atoms with van der Waals surface area (Å²) in [5.41, 5.74) is 7.37. The van der Waals surface area contributed by atoms with Crippen LogP contribution in [-0.4, -0.2) is 31.3 Å². The van der Waals surface area contributed by atoms with Crippen LogP contribution in [0.3, 0.4) is 0 Å². The number of aromatic nitrogens is 2. The second kappa shape index (κ2) is 8.67. The number of nitrogens with one attached hydrogen (secondary N) is 3. The van der Waals surface area contributed by atoms with E-state index in [0.29, 0.717) is 17.3 Å². The van der Waals surface area contributed by atoms with Gasteiger partial charge < -0.3 is 16.4 Å². The van der Waals surface area contributed by atoms with Gasteiger partial charge in [0.05, 0.1) is 11.3 Å². The molecule has 0 bridgehead atoms. The largest absolute Gasteiger partial charge is 0.369 e. The van der Waals surface area contributed by atoms with Gasteiger partial charge in [-0.2, -0.15) is 0 Å². The van der Waals surface area contributed by atoms with Crippen LogP contribution in [0.1, 0.15) is 5.56 Å². The van der Waals surface area contributed by atoms with Gasteiger partial charge >= 0.3 is 0 Å². The molecule has 0 fully saturated rings. The van der Waals surface area contributed by atoms with E-state index in [0.717, 1.165) is 11.3 Å². The number of carbonyl (C=O) groups excluding carboxylic acids is 1. The Morgan fingerprint density at radius 2 is 1.62 bits per heavy atom. The minimum absolute atomic E-state index is 0.147. The number of hydrogen-bond donors (Lipinski definition) is 4. The summed E-state index contributed by atoms with van der Waals surface area (Å²) >= 11 is 0. The summed E-state index contributed by atoms with van der Waals surface area (Å²) in [6.07, 6.45) is 1.57. The summed E-state index contributed by atoms with van der Waals surface area (Å²) in [5.74, 6) is 0.653. The van der Waals surface area contributed by atoms with Crippen LogP contribution in [0, 0.1) is 0 Å². The topological polar surface area (TPSA) is 139 Å². The molecule has 10 heteroatoms. The molecule has 0 aliphatic carbocycles. The Labute approximate surface area is 168 Å². The first kappa shape index (κ1) is 20.2. The molecule has 29 heavy (non-hydrogen) atoms. The summed E-state index contributed by atoms with van der Waals surface area (Å²) in [5, 5.41) is 6.20. The fraction of sp³-hybridized carbons (Fsp3) is 0.105. The minimum Gasteiger partial charge on any atom is -0.369 e. The fourth-order valence-electron chi connectivity index (χ4n) is 2.56. The highest BCUT2D eigenvalue weighted by Crippen LogP contribution is 2.21. The number of nitrogens with zero attached hydrogens (tertiary/aromatic N) is 2. The molecule has 3 aromatic rings. The zero-order valence-corrected chi connectivity index (χ0v) is 16.4. The molecule has 9 nitrogen and oxygen atoms in total. The molecule has 0 radical (unpaired) electrons. The van der Waals surface area contributed by atoms with E-state index in [1.165, 1.54) is 25.5 Å². The number of primary amides is 1.